The zero-order chi connectivity index (χ0) is 13.2. The molecule has 0 amide bonds. The van der Waals surface area contributed by atoms with Crippen molar-refractivity contribution in [2.24, 2.45) is 0 Å². The first-order chi connectivity index (χ1) is 8.83. The smallest absolute Gasteiger partial charge is 0.0700 e. The fourth-order valence-electron chi connectivity index (χ4n) is 1.95. The van der Waals surface area contributed by atoms with Crippen LogP contribution in [0.25, 0.3) is 0 Å². The lowest BCUT2D eigenvalue weighted by Gasteiger charge is -2.19. The van der Waals surface area contributed by atoms with Crippen LogP contribution in [0, 0.1) is 0 Å². The molecular weight excluding hydrogens is 230 g/mol. The predicted molar refractivity (Wildman–Crippen MR) is 71.6 cm³/mol. The molecule has 0 aromatic carbocycles. The molecule has 1 aromatic rings. The Morgan fingerprint density at radius 3 is 2.83 bits per heavy atom. The van der Waals surface area contributed by atoms with Crippen LogP contribution in [0.15, 0.2) is 12.3 Å². The van der Waals surface area contributed by atoms with Crippen molar-refractivity contribution in [3.8, 4) is 0 Å². The van der Waals surface area contributed by atoms with E-state index in [-0.39, 0.29) is 0 Å². The van der Waals surface area contributed by atoms with Crippen molar-refractivity contribution in [3.05, 3.63) is 18.0 Å². The van der Waals surface area contributed by atoms with Crippen LogP contribution < -0.4 is 5.32 Å². The van der Waals surface area contributed by atoms with Crippen molar-refractivity contribution in [3.63, 3.8) is 0 Å². The van der Waals surface area contributed by atoms with E-state index in [1.807, 2.05) is 10.9 Å². The molecule has 0 fully saturated rings. The van der Waals surface area contributed by atoms with Crippen molar-refractivity contribution in [1.82, 2.24) is 15.1 Å². The molecule has 0 aliphatic carbocycles. The number of hydrogen-bond acceptors (Lipinski definition) is 4. The lowest BCUT2D eigenvalue weighted by atomic mass is 10.1. The van der Waals surface area contributed by atoms with Gasteiger partial charge in [0.15, 0.2) is 0 Å². The highest BCUT2D eigenvalue weighted by Crippen LogP contribution is 2.16. The highest BCUT2D eigenvalue weighted by molar-refractivity contribution is 5.07. The third-order valence-corrected chi connectivity index (χ3v) is 2.84. The molecular formula is C13H25N3O2. The van der Waals surface area contributed by atoms with Crippen molar-refractivity contribution in [2.75, 3.05) is 33.5 Å². The number of nitrogens with one attached hydrogen (secondary N) is 1. The van der Waals surface area contributed by atoms with E-state index in [0.29, 0.717) is 19.3 Å². The average molecular weight is 255 g/mol. The Morgan fingerprint density at radius 2 is 2.17 bits per heavy atom. The topological polar surface area (TPSA) is 48.3 Å². The van der Waals surface area contributed by atoms with Gasteiger partial charge in [-0.3, -0.25) is 4.68 Å². The number of aryl methyl sites for hydroxylation is 1. The molecule has 0 saturated heterocycles. The van der Waals surface area contributed by atoms with E-state index in [1.165, 1.54) is 5.69 Å². The zero-order valence-corrected chi connectivity index (χ0v) is 11.7. The Kier molecular flexibility index (Phi) is 7.64. The van der Waals surface area contributed by atoms with Gasteiger partial charge in [-0.1, -0.05) is 6.92 Å². The summed E-state index contributed by atoms with van der Waals surface area (Å²) in [6.07, 6.45) is 2.80. The Balaban J connectivity index is 2.44. The molecule has 18 heavy (non-hydrogen) atoms. The quantitative estimate of drug-likeness (QED) is 0.645. The van der Waals surface area contributed by atoms with Crippen LogP contribution in [0.5, 0.6) is 0 Å². The molecule has 1 N–H and O–H groups in total. The van der Waals surface area contributed by atoms with Crippen LogP contribution in [-0.2, 0) is 16.0 Å². The van der Waals surface area contributed by atoms with Crippen LogP contribution in [-0.4, -0.2) is 43.3 Å². The average Bonchev–Trinajstić information content (AvgIpc) is 2.85. The van der Waals surface area contributed by atoms with E-state index in [9.17, 15) is 0 Å². The van der Waals surface area contributed by atoms with Gasteiger partial charge in [-0.15, -0.1) is 0 Å². The molecule has 0 saturated carbocycles. The summed E-state index contributed by atoms with van der Waals surface area (Å²) in [7, 11) is 1.69. The number of nitrogens with zero attached hydrogens (tertiary/aromatic N) is 2. The maximum Gasteiger partial charge on any atom is 0.0700 e. The number of aromatic nitrogens is 2. The van der Waals surface area contributed by atoms with Crippen molar-refractivity contribution in [2.45, 2.75) is 32.9 Å². The number of ether oxygens (including phenoxy) is 2. The maximum absolute atomic E-state index is 5.53. The summed E-state index contributed by atoms with van der Waals surface area (Å²) >= 11 is 0. The lowest BCUT2D eigenvalue weighted by molar-refractivity contribution is 0.0655. The van der Waals surface area contributed by atoms with Gasteiger partial charge in [-0.25, -0.2) is 0 Å². The molecule has 1 rings (SSSR count). The number of hydrogen-bond donors (Lipinski definition) is 1. The van der Waals surface area contributed by atoms with Gasteiger partial charge in [-0.05, 0) is 26.0 Å². The minimum Gasteiger partial charge on any atom is -0.382 e. The molecule has 0 radical (unpaired) electrons. The molecule has 0 aliphatic rings. The van der Waals surface area contributed by atoms with E-state index in [2.05, 4.69) is 30.3 Å². The van der Waals surface area contributed by atoms with Crippen molar-refractivity contribution >= 4 is 0 Å². The van der Waals surface area contributed by atoms with Crippen LogP contribution in [0.2, 0.25) is 0 Å². The van der Waals surface area contributed by atoms with Crippen molar-refractivity contribution < 1.29 is 9.47 Å². The second-order valence-corrected chi connectivity index (χ2v) is 4.08. The summed E-state index contributed by atoms with van der Waals surface area (Å²) in [6, 6.07) is 2.38. The van der Waals surface area contributed by atoms with Gasteiger partial charge >= 0.3 is 0 Å². The van der Waals surface area contributed by atoms with Gasteiger partial charge in [0.25, 0.3) is 0 Å². The summed E-state index contributed by atoms with van der Waals surface area (Å²) < 4.78 is 12.5. The maximum atomic E-state index is 5.53. The van der Waals surface area contributed by atoms with Crippen LogP contribution in [0.1, 0.15) is 32.0 Å². The van der Waals surface area contributed by atoms with Gasteiger partial charge in [0.2, 0.25) is 0 Å². The van der Waals surface area contributed by atoms with E-state index in [0.717, 1.165) is 26.1 Å². The van der Waals surface area contributed by atoms with E-state index in [4.69, 9.17) is 9.47 Å². The second kappa shape index (κ2) is 9.08. The summed E-state index contributed by atoms with van der Waals surface area (Å²) in [5.41, 5.74) is 1.23. The Bertz CT molecular complexity index is 315. The van der Waals surface area contributed by atoms with Crippen molar-refractivity contribution in [1.29, 1.82) is 0 Å². The molecule has 1 aromatic heterocycles. The van der Waals surface area contributed by atoms with Gasteiger partial charge in [0, 0.05) is 26.5 Å². The molecule has 0 spiro atoms. The van der Waals surface area contributed by atoms with Gasteiger partial charge in [-0.2, -0.15) is 5.10 Å². The SMILES string of the molecule is CCNC(CCOCCOC)c1ccnn1CC. The van der Waals surface area contributed by atoms with E-state index < -0.39 is 0 Å². The minimum absolute atomic E-state index is 0.306. The standard InChI is InChI=1S/C13H25N3O2/c1-4-14-12(7-9-18-11-10-17-3)13-6-8-15-16(13)5-2/h6,8,12,14H,4-5,7,9-11H2,1-3H3. The fourth-order valence-corrected chi connectivity index (χ4v) is 1.95. The molecule has 104 valence electrons. The first-order valence-corrected chi connectivity index (χ1v) is 6.65. The molecule has 5 heteroatoms. The number of rotatable bonds is 10. The predicted octanol–water partition coefficient (Wildman–Crippen LogP) is 1.61. The van der Waals surface area contributed by atoms with Crippen LogP contribution in [0.4, 0.5) is 0 Å². The van der Waals surface area contributed by atoms with Crippen LogP contribution in [0.3, 0.4) is 0 Å². The molecule has 1 heterocycles. The molecule has 1 atom stereocenters. The molecule has 0 aliphatic heterocycles. The summed E-state index contributed by atoms with van der Waals surface area (Å²) in [5.74, 6) is 0. The number of methoxy groups -OCH3 is 1. The monoisotopic (exact) mass is 255 g/mol. The Morgan fingerprint density at radius 1 is 1.33 bits per heavy atom. The Labute approximate surface area is 109 Å². The third kappa shape index (κ3) is 4.76. The van der Waals surface area contributed by atoms with Gasteiger partial charge in [0.05, 0.1) is 24.9 Å². The van der Waals surface area contributed by atoms with Gasteiger partial charge in [0.1, 0.15) is 0 Å². The molecule has 1 unspecified atom stereocenters. The summed E-state index contributed by atoms with van der Waals surface area (Å²) in [4.78, 5) is 0. The lowest BCUT2D eigenvalue weighted by Crippen LogP contribution is -2.25. The second-order valence-electron chi connectivity index (χ2n) is 4.08. The Hall–Kier alpha value is -0.910. The highest BCUT2D eigenvalue weighted by Gasteiger charge is 2.14. The first kappa shape index (κ1) is 15.1. The fraction of sp³-hybridized carbons (Fsp3) is 0.769. The van der Waals surface area contributed by atoms with Gasteiger partial charge < -0.3 is 14.8 Å². The molecule has 5 nitrogen and oxygen atoms in total. The van der Waals surface area contributed by atoms with Crippen LogP contribution >= 0.6 is 0 Å². The zero-order valence-electron chi connectivity index (χ0n) is 11.7. The largest absolute Gasteiger partial charge is 0.382 e. The normalized spacial score (nSPS) is 12.8. The van der Waals surface area contributed by atoms with E-state index >= 15 is 0 Å². The highest BCUT2D eigenvalue weighted by atomic mass is 16.5. The first-order valence-electron chi connectivity index (χ1n) is 6.65. The summed E-state index contributed by atoms with van der Waals surface area (Å²) in [5, 5.41) is 7.79. The minimum atomic E-state index is 0.306. The molecule has 0 bridgehead atoms. The summed E-state index contributed by atoms with van der Waals surface area (Å²) in [6.45, 7) is 8.10. The third-order valence-electron chi connectivity index (χ3n) is 2.84. The van der Waals surface area contributed by atoms with E-state index in [1.54, 1.807) is 7.11 Å².